The first-order valence-electron chi connectivity index (χ1n) is 8.90. The minimum absolute atomic E-state index is 0.0820. The summed E-state index contributed by atoms with van der Waals surface area (Å²) in [6.07, 6.45) is 7.82. The Morgan fingerprint density at radius 3 is 2.62 bits per heavy atom. The van der Waals surface area contributed by atoms with Crippen LogP contribution >= 0.6 is 0 Å². The lowest BCUT2D eigenvalue weighted by Crippen LogP contribution is -2.43. The lowest BCUT2D eigenvalue weighted by molar-refractivity contribution is -0.136. The molecule has 1 aromatic rings. The Bertz CT molecular complexity index is 691. The van der Waals surface area contributed by atoms with E-state index in [-0.39, 0.29) is 28.8 Å². The molecule has 1 saturated heterocycles. The Morgan fingerprint density at radius 1 is 1.25 bits per heavy atom. The van der Waals surface area contributed by atoms with Crippen LogP contribution in [0.2, 0.25) is 0 Å². The van der Waals surface area contributed by atoms with Crippen LogP contribution in [-0.2, 0) is 16.8 Å². The van der Waals surface area contributed by atoms with E-state index in [0.29, 0.717) is 6.54 Å². The van der Waals surface area contributed by atoms with E-state index in [2.05, 4.69) is 38.0 Å². The van der Waals surface area contributed by atoms with Crippen LogP contribution in [0.3, 0.4) is 0 Å². The summed E-state index contributed by atoms with van der Waals surface area (Å²) in [7, 11) is 0. The van der Waals surface area contributed by atoms with E-state index in [1.54, 1.807) is 16.8 Å². The van der Waals surface area contributed by atoms with E-state index in [1.165, 1.54) is 0 Å². The molecule has 0 bridgehead atoms. The van der Waals surface area contributed by atoms with Gasteiger partial charge in [0.15, 0.2) is 0 Å². The largest absolute Gasteiger partial charge is 0.338 e. The summed E-state index contributed by atoms with van der Waals surface area (Å²) in [5.41, 5.74) is 0.707. The molecule has 0 radical (unpaired) electrons. The Balaban J connectivity index is 1.77. The fraction of sp³-hybridized carbons (Fsp3) is 0.632. The molecule has 1 unspecified atom stereocenters. The monoisotopic (exact) mass is 329 g/mol. The zero-order valence-electron chi connectivity index (χ0n) is 14.9. The standard InChI is InChI=1S/C19H27N3O2/c1-19(2,3)16-10-11-17(23)22(20-16)13-15-9-6-12-21(15)18(24)14-7-4-5-8-14/h4-5,10-11,14-15H,6-9,12-13H2,1-3H3. The van der Waals surface area contributed by atoms with Gasteiger partial charge in [0.25, 0.3) is 5.56 Å². The van der Waals surface area contributed by atoms with Gasteiger partial charge in [0.2, 0.25) is 5.91 Å². The van der Waals surface area contributed by atoms with Crippen LogP contribution in [-0.4, -0.2) is 33.2 Å². The van der Waals surface area contributed by atoms with Crippen molar-refractivity contribution in [3.05, 3.63) is 40.3 Å². The van der Waals surface area contributed by atoms with Crippen molar-refractivity contribution in [3.63, 3.8) is 0 Å². The fourth-order valence-electron chi connectivity index (χ4n) is 3.55. The van der Waals surface area contributed by atoms with Gasteiger partial charge in [0, 0.05) is 23.9 Å². The number of amides is 1. The SMILES string of the molecule is CC(C)(C)c1ccc(=O)n(CC2CCCN2C(=O)C2CC=CC2)n1. The van der Waals surface area contributed by atoms with Gasteiger partial charge in [0.1, 0.15) is 0 Å². The van der Waals surface area contributed by atoms with Crippen LogP contribution < -0.4 is 5.56 Å². The molecule has 2 heterocycles. The van der Waals surface area contributed by atoms with Gasteiger partial charge >= 0.3 is 0 Å². The van der Waals surface area contributed by atoms with E-state index in [4.69, 9.17) is 0 Å². The summed E-state index contributed by atoms with van der Waals surface area (Å²) in [5, 5.41) is 4.55. The average Bonchev–Trinajstić information content (AvgIpc) is 3.19. The second kappa shape index (κ2) is 6.54. The maximum absolute atomic E-state index is 12.7. The molecule has 1 aromatic heterocycles. The van der Waals surface area contributed by atoms with Crippen LogP contribution in [0.1, 0.15) is 52.1 Å². The third kappa shape index (κ3) is 3.45. The molecule has 3 rings (SSSR count). The first-order chi connectivity index (χ1) is 11.4. The van der Waals surface area contributed by atoms with E-state index in [0.717, 1.165) is 37.9 Å². The lowest BCUT2D eigenvalue weighted by Gasteiger charge is -2.28. The number of hydrogen-bond donors (Lipinski definition) is 0. The molecule has 0 saturated carbocycles. The second-order valence-electron chi connectivity index (χ2n) is 7.96. The van der Waals surface area contributed by atoms with Crippen molar-refractivity contribution in [3.8, 4) is 0 Å². The van der Waals surface area contributed by atoms with E-state index in [9.17, 15) is 9.59 Å². The van der Waals surface area contributed by atoms with E-state index >= 15 is 0 Å². The van der Waals surface area contributed by atoms with Gasteiger partial charge < -0.3 is 4.90 Å². The molecule has 0 spiro atoms. The maximum atomic E-state index is 12.7. The van der Waals surface area contributed by atoms with Crippen molar-refractivity contribution in [2.24, 2.45) is 5.92 Å². The van der Waals surface area contributed by atoms with Gasteiger partial charge in [-0.15, -0.1) is 0 Å². The number of hydrogen-bond acceptors (Lipinski definition) is 3. The Kier molecular flexibility index (Phi) is 4.61. The zero-order valence-corrected chi connectivity index (χ0v) is 14.9. The van der Waals surface area contributed by atoms with Gasteiger partial charge in [-0.25, -0.2) is 4.68 Å². The minimum Gasteiger partial charge on any atom is -0.338 e. The number of nitrogens with zero attached hydrogens (tertiary/aromatic N) is 3. The number of aromatic nitrogens is 2. The zero-order chi connectivity index (χ0) is 17.3. The van der Waals surface area contributed by atoms with Crippen molar-refractivity contribution < 1.29 is 4.79 Å². The Labute approximate surface area is 143 Å². The molecule has 24 heavy (non-hydrogen) atoms. The molecule has 1 amide bonds. The number of carbonyl (C=O) groups excluding carboxylic acids is 1. The van der Waals surface area contributed by atoms with Gasteiger partial charge in [-0.1, -0.05) is 32.9 Å². The van der Waals surface area contributed by atoms with Crippen molar-refractivity contribution in [1.82, 2.24) is 14.7 Å². The predicted octanol–water partition coefficient (Wildman–Crippen LogP) is 2.50. The Morgan fingerprint density at radius 2 is 1.96 bits per heavy atom. The molecule has 1 atom stereocenters. The topological polar surface area (TPSA) is 55.2 Å². The predicted molar refractivity (Wildman–Crippen MR) is 93.8 cm³/mol. The normalized spacial score (nSPS) is 21.6. The smallest absolute Gasteiger partial charge is 0.266 e. The number of allylic oxidation sites excluding steroid dienone is 2. The van der Waals surface area contributed by atoms with Crippen LogP contribution in [0.5, 0.6) is 0 Å². The Hall–Kier alpha value is -1.91. The van der Waals surface area contributed by atoms with Crippen molar-refractivity contribution in [2.45, 2.75) is 64.5 Å². The molecule has 130 valence electrons. The highest BCUT2D eigenvalue weighted by Crippen LogP contribution is 2.26. The molecule has 5 nitrogen and oxygen atoms in total. The highest BCUT2D eigenvalue weighted by molar-refractivity contribution is 5.80. The van der Waals surface area contributed by atoms with Crippen molar-refractivity contribution >= 4 is 5.91 Å². The second-order valence-corrected chi connectivity index (χ2v) is 7.96. The van der Waals surface area contributed by atoms with Crippen LogP contribution in [0.4, 0.5) is 0 Å². The maximum Gasteiger partial charge on any atom is 0.266 e. The molecular weight excluding hydrogens is 302 g/mol. The summed E-state index contributed by atoms with van der Waals surface area (Å²) in [6, 6.07) is 3.48. The number of likely N-dealkylation sites (tertiary alicyclic amines) is 1. The van der Waals surface area contributed by atoms with Crippen LogP contribution in [0.15, 0.2) is 29.1 Å². The van der Waals surface area contributed by atoms with Gasteiger partial charge in [0.05, 0.1) is 18.3 Å². The van der Waals surface area contributed by atoms with Gasteiger partial charge in [-0.2, -0.15) is 5.10 Å². The van der Waals surface area contributed by atoms with E-state index in [1.807, 2.05) is 4.90 Å². The van der Waals surface area contributed by atoms with Crippen LogP contribution in [0.25, 0.3) is 0 Å². The third-order valence-corrected chi connectivity index (χ3v) is 5.04. The quantitative estimate of drug-likeness (QED) is 0.801. The van der Waals surface area contributed by atoms with E-state index < -0.39 is 0 Å². The first kappa shape index (κ1) is 16.9. The first-order valence-corrected chi connectivity index (χ1v) is 8.90. The average molecular weight is 329 g/mol. The van der Waals surface area contributed by atoms with Gasteiger partial charge in [-0.05, 0) is 31.7 Å². The third-order valence-electron chi connectivity index (χ3n) is 5.04. The minimum atomic E-state index is -0.101. The summed E-state index contributed by atoms with van der Waals surface area (Å²) >= 11 is 0. The molecule has 0 N–H and O–H groups in total. The number of carbonyl (C=O) groups is 1. The highest BCUT2D eigenvalue weighted by atomic mass is 16.2. The molecule has 0 aromatic carbocycles. The molecule has 1 fully saturated rings. The molecule has 5 heteroatoms. The number of rotatable bonds is 3. The van der Waals surface area contributed by atoms with Crippen molar-refractivity contribution in [1.29, 1.82) is 0 Å². The fourth-order valence-corrected chi connectivity index (χ4v) is 3.55. The molecule has 2 aliphatic rings. The van der Waals surface area contributed by atoms with Crippen molar-refractivity contribution in [2.75, 3.05) is 6.54 Å². The lowest BCUT2D eigenvalue weighted by atomic mass is 9.92. The van der Waals surface area contributed by atoms with Gasteiger partial charge in [-0.3, -0.25) is 9.59 Å². The highest BCUT2D eigenvalue weighted by Gasteiger charge is 2.33. The summed E-state index contributed by atoms with van der Waals surface area (Å²) in [4.78, 5) is 26.9. The summed E-state index contributed by atoms with van der Waals surface area (Å²) in [6.45, 7) is 7.55. The molecule has 1 aliphatic carbocycles. The van der Waals surface area contributed by atoms with Crippen LogP contribution in [0, 0.1) is 5.92 Å². The summed E-state index contributed by atoms with van der Waals surface area (Å²) < 4.78 is 1.55. The summed E-state index contributed by atoms with van der Waals surface area (Å²) in [5.74, 6) is 0.332. The molecule has 1 aliphatic heterocycles. The molecular formula is C19H27N3O2.